The van der Waals surface area contributed by atoms with E-state index in [1.165, 1.54) is 33.9 Å². The Morgan fingerprint density at radius 1 is 0.696 bits per heavy atom. The summed E-state index contributed by atoms with van der Waals surface area (Å²) in [5.74, 6) is 0. The van der Waals surface area contributed by atoms with Crippen molar-refractivity contribution in [3.8, 4) is 11.1 Å². The molecule has 0 amide bonds. The number of hydrogen-bond acceptors (Lipinski definition) is 1. The van der Waals surface area contributed by atoms with Gasteiger partial charge in [0.05, 0.1) is 11.0 Å². The molecule has 0 N–H and O–H groups in total. The van der Waals surface area contributed by atoms with Gasteiger partial charge in [-0.1, -0.05) is 74.0 Å². The van der Waals surface area contributed by atoms with Crippen molar-refractivity contribution < 1.29 is 0 Å². The fourth-order valence-corrected chi connectivity index (χ4v) is 3.28. The Balaban J connectivity index is 2.02. The lowest BCUT2D eigenvalue weighted by Crippen LogP contribution is -1.89. The van der Waals surface area contributed by atoms with Gasteiger partial charge in [-0.2, -0.15) is 0 Å². The highest BCUT2D eigenvalue weighted by atomic mass is 14.7. The van der Waals surface area contributed by atoms with Crippen molar-refractivity contribution in [2.45, 2.75) is 19.8 Å². The van der Waals surface area contributed by atoms with Crippen molar-refractivity contribution in [3.63, 3.8) is 0 Å². The maximum atomic E-state index is 4.81. The van der Waals surface area contributed by atoms with Crippen LogP contribution in [0.4, 0.5) is 0 Å². The zero-order valence-electron chi connectivity index (χ0n) is 13.3. The molecule has 1 aromatic heterocycles. The van der Waals surface area contributed by atoms with Crippen LogP contribution in [0, 0.1) is 0 Å². The zero-order chi connectivity index (χ0) is 15.6. The standard InChI is InChI=1S/C22H19N/c1-2-7-16-12-14-17(15-13-16)22-18-8-3-5-10-20(18)23-21-11-6-4-9-19(21)22/h3-6,8-15H,2,7H2,1H3. The number of aromatic nitrogens is 1. The molecule has 0 unspecified atom stereocenters. The van der Waals surface area contributed by atoms with Gasteiger partial charge in [-0.05, 0) is 29.7 Å². The minimum Gasteiger partial charge on any atom is -0.248 e. The first-order chi connectivity index (χ1) is 11.4. The minimum absolute atomic E-state index is 1.05. The van der Waals surface area contributed by atoms with Crippen LogP contribution in [0.15, 0.2) is 72.8 Å². The predicted octanol–water partition coefficient (Wildman–Crippen LogP) is 6.01. The number of hydrogen-bond donors (Lipinski definition) is 0. The number of pyridine rings is 1. The summed E-state index contributed by atoms with van der Waals surface area (Å²) in [6.07, 6.45) is 2.32. The van der Waals surface area contributed by atoms with Gasteiger partial charge in [0.25, 0.3) is 0 Å². The van der Waals surface area contributed by atoms with E-state index in [0.29, 0.717) is 0 Å². The normalized spacial score (nSPS) is 11.2. The molecule has 0 atom stereocenters. The van der Waals surface area contributed by atoms with E-state index in [1.54, 1.807) is 0 Å². The lowest BCUT2D eigenvalue weighted by Gasteiger charge is -2.11. The molecule has 0 saturated carbocycles. The topological polar surface area (TPSA) is 12.9 Å². The number of para-hydroxylation sites is 2. The summed E-state index contributed by atoms with van der Waals surface area (Å²) in [6, 6.07) is 25.8. The molecular weight excluding hydrogens is 278 g/mol. The van der Waals surface area contributed by atoms with E-state index >= 15 is 0 Å². The third-order valence-electron chi connectivity index (χ3n) is 4.37. The molecule has 0 radical (unpaired) electrons. The van der Waals surface area contributed by atoms with Crippen molar-refractivity contribution in [1.82, 2.24) is 4.98 Å². The summed E-state index contributed by atoms with van der Waals surface area (Å²) in [4.78, 5) is 4.81. The van der Waals surface area contributed by atoms with E-state index < -0.39 is 0 Å². The summed E-state index contributed by atoms with van der Waals surface area (Å²) in [5.41, 5.74) is 6.06. The Morgan fingerprint density at radius 3 is 1.83 bits per heavy atom. The number of benzene rings is 3. The van der Waals surface area contributed by atoms with Gasteiger partial charge >= 0.3 is 0 Å². The number of rotatable bonds is 3. The molecule has 0 fully saturated rings. The van der Waals surface area contributed by atoms with Crippen LogP contribution in [0.2, 0.25) is 0 Å². The van der Waals surface area contributed by atoms with Gasteiger partial charge in [-0.25, -0.2) is 4.98 Å². The van der Waals surface area contributed by atoms with Crippen LogP contribution in [0.1, 0.15) is 18.9 Å². The first-order valence-corrected chi connectivity index (χ1v) is 8.23. The molecule has 0 bridgehead atoms. The van der Waals surface area contributed by atoms with Crippen LogP contribution in [0.25, 0.3) is 32.9 Å². The molecule has 0 aliphatic heterocycles. The summed E-state index contributed by atoms with van der Waals surface area (Å²) in [6.45, 7) is 2.22. The van der Waals surface area contributed by atoms with Crippen molar-refractivity contribution >= 4 is 21.8 Å². The molecule has 1 nitrogen and oxygen atoms in total. The monoisotopic (exact) mass is 297 g/mol. The number of fused-ring (bicyclic) bond motifs is 2. The quantitative estimate of drug-likeness (QED) is 0.422. The van der Waals surface area contributed by atoms with Crippen molar-refractivity contribution in [3.05, 3.63) is 78.4 Å². The molecule has 4 rings (SSSR count). The summed E-state index contributed by atoms with van der Waals surface area (Å²) >= 11 is 0. The van der Waals surface area contributed by atoms with Crippen LogP contribution in [-0.2, 0) is 6.42 Å². The fourth-order valence-electron chi connectivity index (χ4n) is 3.28. The van der Waals surface area contributed by atoms with Gasteiger partial charge in [-0.3, -0.25) is 0 Å². The summed E-state index contributed by atoms with van der Waals surface area (Å²) in [5, 5.41) is 2.43. The Morgan fingerprint density at radius 2 is 1.26 bits per heavy atom. The lowest BCUT2D eigenvalue weighted by molar-refractivity contribution is 0.922. The third-order valence-corrected chi connectivity index (χ3v) is 4.37. The van der Waals surface area contributed by atoms with Gasteiger partial charge in [0.15, 0.2) is 0 Å². The molecule has 1 heterocycles. The SMILES string of the molecule is CCCc1ccc(-c2c3ccccc3nc3ccccc23)cc1. The minimum atomic E-state index is 1.05. The van der Waals surface area contributed by atoms with Gasteiger partial charge in [0.1, 0.15) is 0 Å². The average Bonchev–Trinajstić information content (AvgIpc) is 2.61. The third kappa shape index (κ3) is 2.49. The molecule has 4 aromatic rings. The Bertz CT molecular complexity index is 914. The molecular formula is C22H19N. The lowest BCUT2D eigenvalue weighted by atomic mass is 9.95. The van der Waals surface area contributed by atoms with Crippen molar-refractivity contribution in [2.75, 3.05) is 0 Å². The number of aryl methyl sites for hydroxylation is 1. The van der Waals surface area contributed by atoms with Gasteiger partial charge < -0.3 is 0 Å². The maximum Gasteiger partial charge on any atom is 0.0715 e. The summed E-state index contributed by atoms with van der Waals surface area (Å²) < 4.78 is 0. The van der Waals surface area contributed by atoms with E-state index in [9.17, 15) is 0 Å². The molecule has 0 saturated heterocycles. The van der Waals surface area contributed by atoms with E-state index in [2.05, 4.69) is 79.7 Å². The van der Waals surface area contributed by atoms with E-state index in [-0.39, 0.29) is 0 Å². The average molecular weight is 297 g/mol. The second-order valence-electron chi connectivity index (χ2n) is 5.97. The van der Waals surface area contributed by atoms with Gasteiger partial charge in [0, 0.05) is 16.3 Å². The highest BCUT2D eigenvalue weighted by Crippen LogP contribution is 2.34. The predicted molar refractivity (Wildman–Crippen MR) is 98.7 cm³/mol. The summed E-state index contributed by atoms with van der Waals surface area (Å²) in [7, 11) is 0. The maximum absolute atomic E-state index is 4.81. The smallest absolute Gasteiger partial charge is 0.0715 e. The van der Waals surface area contributed by atoms with Gasteiger partial charge in [0.2, 0.25) is 0 Å². The molecule has 0 spiro atoms. The van der Waals surface area contributed by atoms with Crippen molar-refractivity contribution in [2.24, 2.45) is 0 Å². The van der Waals surface area contributed by atoms with Crippen LogP contribution in [-0.4, -0.2) is 4.98 Å². The Kier molecular flexibility index (Phi) is 3.55. The zero-order valence-corrected chi connectivity index (χ0v) is 13.3. The first kappa shape index (κ1) is 14.0. The van der Waals surface area contributed by atoms with E-state index in [1.807, 2.05) is 0 Å². The molecule has 0 aliphatic rings. The highest BCUT2D eigenvalue weighted by molar-refractivity contribution is 6.09. The Labute approximate surface area is 136 Å². The van der Waals surface area contributed by atoms with Crippen LogP contribution >= 0.6 is 0 Å². The number of nitrogens with zero attached hydrogens (tertiary/aromatic N) is 1. The molecule has 23 heavy (non-hydrogen) atoms. The van der Waals surface area contributed by atoms with Crippen molar-refractivity contribution in [1.29, 1.82) is 0 Å². The van der Waals surface area contributed by atoms with Crippen LogP contribution < -0.4 is 0 Å². The van der Waals surface area contributed by atoms with E-state index in [0.717, 1.165) is 17.5 Å². The second-order valence-corrected chi connectivity index (χ2v) is 5.97. The fraction of sp³-hybridized carbons (Fsp3) is 0.136. The highest BCUT2D eigenvalue weighted by Gasteiger charge is 2.10. The van der Waals surface area contributed by atoms with E-state index in [4.69, 9.17) is 4.98 Å². The Hall–Kier alpha value is -2.67. The molecule has 112 valence electrons. The van der Waals surface area contributed by atoms with Crippen LogP contribution in [0.3, 0.4) is 0 Å². The largest absolute Gasteiger partial charge is 0.248 e. The molecule has 1 heteroatoms. The first-order valence-electron chi connectivity index (χ1n) is 8.23. The van der Waals surface area contributed by atoms with Crippen LogP contribution in [0.5, 0.6) is 0 Å². The van der Waals surface area contributed by atoms with Gasteiger partial charge in [-0.15, -0.1) is 0 Å². The second kappa shape index (κ2) is 5.85. The molecule has 0 aliphatic carbocycles. The molecule has 3 aromatic carbocycles.